The fourth-order valence-electron chi connectivity index (χ4n) is 3.27. The second-order valence-electron chi connectivity index (χ2n) is 7.37. The Labute approximate surface area is 194 Å². The molecule has 0 atom stereocenters. The summed E-state index contributed by atoms with van der Waals surface area (Å²) in [5.41, 5.74) is -1.04. The van der Waals surface area contributed by atoms with Crippen molar-refractivity contribution in [2.75, 3.05) is 5.32 Å². The van der Waals surface area contributed by atoms with Gasteiger partial charge in [-0.25, -0.2) is 14.1 Å². The van der Waals surface area contributed by atoms with Gasteiger partial charge in [0.1, 0.15) is 18.1 Å². The molecule has 4 rings (SSSR count). The molecule has 0 radical (unpaired) electrons. The Kier molecular flexibility index (Phi) is 6.24. The lowest BCUT2D eigenvalue weighted by molar-refractivity contribution is -0.141. The van der Waals surface area contributed by atoms with Crippen LogP contribution in [0.3, 0.4) is 0 Å². The van der Waals surface area contributed by atoms with Crippen molar-refractivity contribution in [3.05, 3.63) is 71.3 Å². The molecule has 0 bridgehead atoms. The Bertz CT molecular complexity index is 1440. The largest absolute Gasteiger partial charge is 0.433 e. The van der Waals surface area contributed by atoms with Gasteiger partial charge in [0, 0.05) is 30.1 Å². The Balaban J connectivity index is 1.52. The van der Waals surface area contributed by atoms with Gasteiger partial charge < -0.3 is 5.32 Å². The maximum absolute atomic E-state index is 15.0. The van der Waals surface area contributed by atoms with E-state index in [1.807, 2.05) is 6.07 Å². The van der Waals surface area contributed by atoms with Gasteiger partial charge in [-0.15, -0.1) is 5.10 Å². The first-order chi connectivity index (χ1) is 16.6. The van der Waals surface area contributed by atoms with Crippen LogP contribution in [-0.2, 0) is 31.0 Å². The van der Waals surface area contributed by atoms with Crippen molar-refractivity contribution in [3.63, 3.8) is 0 Å². The van der Waals surface area contributed by atoms with Crippen LogP contribution in [0.5, 0.6) is 0 Å². The van der Waals surface area contributed by atoms with Crippen LogP contribution in [0.15, 0.2) is 42.7 Å². The number of carbonyl (C=O) groups is 1. The van der Waals surface area contributed by atoms with Crippen molar-refractivity contribution in [3.8, 4) is 17.2 Å². The third-order valence-corrected chi connectivity index (χ3v) is 4.87. The van der Waals surface area contributed by atoms with E-state index in [1.165, 1.54) is 33.9 Å². The fraction of sp³-hybridized carbons (Fsp3) is 0.190. The number of hydrogen-bond donors (Lipinski definition) is 1. The van der Waals surface area contributed by atoms with Gasteiger partial charge in [-0.05, 0) is 34.7 Å². The number of nitrogens with zero attached hydrogens (tertiary/aromatic N) is 8. The Hall–Kier alpha value is -4.67. The molecule has 0 spiro atoms. The molecule has 14 heteroatoms. The molecular weight excluding hydrogens is 470 g/mol. The molecular formula is C21H15F4N9O. The van der Waals surface area contributed by atoms with E-state index in [9.17, 15) is 27.6 Å². The summed E-state index contributed by atoms with van der Waals surface area (Å²) in [6.07, 6.45) is -2.23. The summed E-state index contributed by atoms with van der Waals surface area (Å²) in [7, 11) is 1.66. The van der Waals surface area contributed by atoms with Crippen LogP contribution in [0.25, 0.3) is 11.1 Å². The zero-order valence-corrected chi connectivity index (χ0v) is 18.0. The van der Waals surface area contributed by atoms with Gasteiger partial charge in [-0.3, -0.25) is 9.48 Å². The predicted octanol–water partition coefficient (Wildman–Crippen LogP) is 2.73. The molecule has 0 unspecified atom stereocenters. The monoisotopic (exact) mass is 485 g/mol. The Morgan fingerprint density at radius 3 is 2.74 bits per heavy atom. The van der Waals surface area contributed by atoms with Crippen LogP contribution in [0.4, 0.5) is 23.2 Å². The topological polar surface area (TPSA) is 127 Å². The van der Waals surface area contributed by atoms with E-state index in [-0.39, 0.29) is 29.1 Å². The standard InChI is InChI=1S/C21H15F4N9O/c1-33-18(30-31-32-33)11-34-10-13(9-27-34)20-12(8-26)5-15(6-16(20)22)29-19(35)7-14-3-2-4-17(28-14)21(23,24)25/h2-6,9-10H,7,11H2,1H3,(H,29,35). The van der Waals surface area contributed by atoms with E-state index < -0.39 is 30.0 Å². The summed E-state index contributed by atoms with van der Waals surface area (Å²) in [4.78, 5) is 15.8. The molecule has 0 aliphatic heterocycles. The van der Waals surface area contributed by atoms with E-state index >= 15 is 0 Å². The van der Waals surface area contributed by atoms with E-state index in [0.29, 0.717) is 11.4 Å². The van der Waals surface area contributed by atoms with E-state index in [0.717, 1.165) is 18.2 Å². The highest BCUT2D eigenvalue weighted by atomic mass is 19.4. The SMILES string of the molecule is Cn1nnnc1Cn1cc(-c2c(F)cc(NC(=O)Cc3cccc(C(F)(F)F)n3)cc2C#N)cn1. The van der Waals surface area contributed by atoms with Gasteiger partial charge in [0.15, 0.2) is 5.82 Å². The van der Waals surface area contributed by atoms with Crippen LogP contribution < -0.4 is 5.32 Å². The first-order valence-corrected chi connectivity index (χ1v) is 9.94. The highest BCUT2D eigenvalue weighted by molar-refractivity contribution is 5.92. The maximum atomic E-state index is 15.0. The number of halogens is 4. The minimum Gasteiger partial charge on any atom is -0.326 e. The number of aryl methyl sites for hydroxylation is 1. The van der Waals surface area contributed by atoms with Gasteiger partial charge in [-0.1, -0.05) is 6.07 Å². The molecule has 0 saturated heterocycles. The van der Waals surface area contributed by atoms with Crippen molar-refractivity contribution < 1.29 is 22.4 Å². The first-order valence-electron chi connectivity index (χ1n) is 9.94. The minimum absolute atomic E-state index is 0.0209. The summed E-state index contributed by atoms with van der Waals surface area (Å²) >= 11 is 0. The normalized spacial score (nSPS) is 11.3. The highest BCUT2D eigenvalue weighted by Crippen LogP contribution is 2.30. The summed E-state index contributed by atoms with van der Waals surface area (Å²) in [5, 5.41) is 27.2. The van der Waals surface area contributed by atoms with Crippen LogP contribution in [-0.4, -0.2) is 40.9 Å². The molecule has 0 fully saturated rings. The van der Waals surface area contributed by atoms with Crippen LogP contribution in [0, 0.1) is 17.1 Å². The van der Waals surface area contributed by atoms with Crippen LogP contribution in [0.2, 0.25) is 0 Å². The lowest BCUT2D eigenvalue weighted by Gasteiger charge is -2.10. The number of amides is 1. The average molecular weight is 485 g/mol. The number of nitrogens with one attached hydrogen (secondary N) is 1. The average Bonchev–Trinajstić information content (AvgIpc) is 3.42. The number of nitriles is 1. The van der Waals surface area contributed by atoms with Gasteiger partial charge in [0.2, 0.25) is 5.91 Å². The van der Waals surface area contributed by atoms with E-state index in [2.05, 4.69) is 30.9 Å². The van der Waals surface area contributed by atoms with Crippen molar-refractivity contribution in [2.45, 2.75) is 19.1 Å². The van der Waals surface area contributed by atoms with Crippen molar-refractivity contribution in [1.29, 1.82) is 5.26 Å². The summed E-state index contributed by atoms with van der Waals surface area (Å²) in [5.74, 6) is -1.01. The van der Waals surface area contributed by atoms with Crippen molar-refractivity contribution in [1.82, 2.24) is 35.0 Å². The van der Waals surface area contributed by atoms with E-state index in [4.69, 9.17) is 0 Å². The number of aromatic nitrogens is 7. The molecule has 3 heterocycles. The molecule has 1 amide bonds. The first kappa shape index (κ1) is 23.5. The summed E-state index contributed by atoms with van der Waals surface area (Å²) < 4.78 is 56.4. The zero-order chi connectivity index (χ0) is 25.2. The minimum atomic E-state index is -4.65. The number of hydrogen-bond acceptors (Lipinski definition) is 7. The van der Waals surface area contributed by atoms with Crippen LogP contribution in [0.1, 0.15) is 22.8 Å². The highest BCUT2D eigenvalue weighted by Gasteiger charge is 2.32. The van der Waals surface area contributed by atoms with Gasteiger partial charge in [0.05, 0.1) is 29.9 Å². The molecule has 1 aromatic carbocycles. The molecule has 4 aromatic rings. The second kappa shape index (κ2) is 9.29. The van der Waals surface area contributed by atoms with Gasteiger partial charge in [0.25, 0.3) is 0 Å². The number of pyridine rings is 1. The molecule has 0 aliphatic rings. The van der Waals surface area contributed by atoms with Gasteiger partial charge >= 0.3 is 6.18 Å². The summed E-state index contributed by atoms with van der Waals surface area (Å²) in [6, 6.07) is 7.36. The number of benzene rings is 1. The lowest BCUT2D eigenvalue weighted by atomic mass is 10.0. The van der Waals surface area contributed by atoms with Crippen molar-refractivity contribution in [2.24, 2.45) is 7.05 Å². The lowest BCUT2D eigenvalue weighted by Crippen LogP contribution is -2.17. The summed E-state index contributed by atoms with van der Waals surface area (Å²) in [6.45, 7) is 0.213. The predicted molar refractivity (Wildman–Crippen MR) is 112 cm³/mol. The Morgan fingerprint density at radius 2 is 2.06 bits per heavy atom. The third kappa shape index (κ3) is 5.29. The molecule has 10 nitrogen and oxygen atoms in total. The number of carbonyl (C=O) groups excluding carboxylic acids is 1. The molecule has 0 aliphatic carbocycles. The number of alkyl halides is 3. The fourth-order valence-corrected chi connectivity index (χ4v) is 3.27. The zero-order valence-electron chi connectivity index (χ0n) is 18.0. The van der Waals surface area contributed by atoms with Crippen molar-refractivity contribution >= 4 is 11.6 Å². The molecule has 178 valence electrons. The molecule has 1 N–H and O–H groups in total. The molecule has 3 aromatic heterocycles. The molecule has 35 heavy (non-hydrogen) atoms. The number of rotatable bonds is 6. The maximum Gasteiger partial charge on any atom is 0.433 e. The van der Waals surface area contributed by atoms with Crippen LogP contribution >= 0.6 is 0 Å². The van der Waals surface area contributed by atoms with Gasteiger partial charge in [-0.2, -0.15) is 23.5 Å². The third-order valence-electron chi connectivity index (χ3n) is 4.87. The molecule has 0 saturated carbocycles. The number of tetrazole rings is 1. The number of anilines is 1. The van der Waals surface area contributed by atoms with E-state index in [1.54, 1.807) is 7.05 Å². The Morgan fingerprint density at radius 1 is 1.26 bits per heavy atom. The smallest absolute Gasteiger partial charge is 0.326 e. The quantitative estimate of drug-likeness (QED) is 0.416. The second-order valence-corrected chi connectivity index (χ2v) is 7.37.